The highest BCUT2D eigenvalue weighted by atomic mass is 32.2. The van der Waals surface area contributed by atoms with Crippen molar-refractivity contribution in [3.05, 3.63) is 35.7 Å². The van der Waals surface area contributed by atoms with Crippen LogP contribution in [0.3, 0.4) is 0 Å². The Bertz CT molecular complexity index is 487. The molecule has 0 bridgehead atoms. The molecule has 90 valence electrons. The Morgan fingerprint density at radius 2 is 2.29 bits per heavy atom. The molecule has 1 aromatic carbocycles. The van der Waals surface area contributed by atoms with Gasteiger partial charge in [-0.2, -0.15) is 0 Å². The van der Waals surface area contributed by atoms with Crippen molar-refractivity contribution < 1.29 is 9.15 Å². The van der Waals surface area contributed by atoms with E-state index in [9.17, 15) is 0 Å². The fourth-order valence-corrected chi connectivity index (χ4v) is 2.01. The molecular formula is C11H13N3O2S. The van der Waals surface area contributed by atoms with E-state index < -0.39 is 0 Å². The summed E-state index contributed by atoms with van der Waals surface area (Å²) in [5.74, 6) is 2.05. The number of methoxy groups -OCH3 is 1. The van der Waals surface area contributed by atoms with Crippen LogP contribution in [-0.2, 0) is 12.3 Å². The van der Waals surface area contributed by atoms with Crippen molar-refractivity contribution in [1.29, 1.82) is 0 Å². The SMILES string of the molecule is COc1cccc(CSc2nnc(CN)o2)c1. The number of aromatic nitrogens is 2. The van der Waals surface area contributed by atoms with Gasteiger partial charge in [0.05, 0.1) is 13.7 Å². The molecule has 0 unspecified atom stereocenters. The number of hydrogen-bond acceptors (Lipinski definition) is 6. The molecule has 0 atom stereocenters. The fourth-order valence-electron chi connectivity index (χ4n) is 1.29. The first-order chi connectivity index (χ1) is 8.31. The lowest BCUT2D eigenvalue weighted by atomic mass is 10.2. The Hall–Kier alpha value is -1.53. The van der Waals surface area contributed by atoms with Crippen LogP contribution in [0.5, 0.6) is 5.75 Å². The largest absolute Gasteiger partial charge is 0.497 e. The van der Waals surface area contributed by atoms with Crippen molar-refractivity contribution in [2.75, 3.05) is 7.11 Å². The zero-order chi connectivity index (χ0) is 12.1. The lowest BCUT2D eigenvalue weighted by Crippen LogP contribution is -1.95. The summed E-state index contributed by atoms with van der Waals surface area (Å²) >= 11 is 1.48. The molecular weight excluding hydrogens is 238 g/mol. The van der Waals surface area contributed by atoms with Crippen LogP contribution in [-0.4, -0.2) is 17.3 Å². The minimum atomic E-state index is 0.271. The normalized spacial score (nSPS) is 10.5. The van der Waals surface area contributed by atoms with Gasteiger partial charge in [-0.25, -0.2) is 0 Å². The number of thioether (sulfide) groups is 1. The average molecular weight is 251 g/mol. The summed E-state index contributed by atoms with van der Waals surface area (Å²) in [7, 11) is 1.65. The summed E-state index contributed by atoms with van der Waals surface area (Å²) in [5, 5.41) is 8.21. The van der Waals surface area contributed by atoms with Crippen molar-refractivity contribution in [1.82, 2.24) is 10.2 Å². The Kier molecular flexibility index (Phi) is 4.00. The van der Waals surface area contributed by atoms with Gasteiger partial charge in [-0.05, 0) is 17.7 Å². The zero-order valence-corrected chi connectivity index (χ0v) is 10.2. The molecule has 5 nitrogen and oxygen atoms in total. The summed E-state index contributed by atoms with van der Waals surface area (Å²) < 4.78 is 10.4. The van der Waals surface area contributed by atoms with Crippen LogP contribution in [0.25, 0.3) is 0 Å². The molecule has 0 aliphatic rings. The van der Waals surface area contributed by atoms with Gasteiger partial charge in [0.15, 0.2) is 0 Å². The van der Waals surface area contributed by atoms with E-state index in [0.717, 1.165) is 17.1 Å². The molecule has 1 aromatic heterocycles. The molecule has 0 radical (unpaired) electrons. The van der Waals surface area contributed by atoms with Crippen molar-refractivity contribution in [2.45, 2.75) is 17.5 Å². The minimum absolute atomic E-state index is 0.271. The van der Waals surface area contributed by atoms with Gasteiger partial charge >= 0.3 is 0 Å². The smallest absolute Gasteiger partial charge is 0.276 e. The second-order valence-electron chi connectivity index (χ2n) is 3.31. The molecule has 17 heavy (non-hydrogen) atoms. The molecule has 0 saturated heterocycles. The highest BCUT2D eigenvalue weighted by molar-refractivity contribution is 7.98. The number of ether oxygens (including phenoxy) is 1. The third kappa shape index (κ3) is 3.21. The predicted molar refractivity (Wildman–Crippen MR) is 64.7 cm³/mol. The molecule has 6 heteroatoms. The maximum Gasteiger partial charge on any atom is 0.276 e. The number of nitrogens with zero attached hydrogens (tertiary/aromatic N) is 2. The Labute approximate surface area is 103 Å². The van der Waals surface area contributed by atoms with Crippen LogP contribution < -0.4 is 10.5 Å². The molecule has 0 fully saturated rings. The molecule has 2 N–H and O–H groups in total. The number of benzene rings is 1. The van der Waals surface area contributed by atoms with E-state index in [2.05, 4.69) is 10.2 Å². The number of rotatable bonds is 5. The first-order valence-corrected chi connectivity index (χ1v) is 6.08. The van der Waals surface area contributed by atoms with E-state index in [-0.39, 0.29) is 6.54 Å². The molecule has 2 rings (SSSR count). The van der Waals surface area contributed by atoms with Gasteiger partial charge in [-0.3, -0.25) is 0 Å². The lowest BCUT2D eigenvalue weighted by molar-refractivity contribution is 0.413. The summed E-state index contributed by atoms with van der Waals surface area (Å²) in [5.41, 5.74) is 6.53. The topological polar surface area (TPSA) is 74.2 Å². The summed E-state index contributed by atoms with van der Waals surface area (Å²) in [4.78, 5) is 0. The average Bonchev–Trinajstić information content (AvgIpc) is 2.84. The quantitative estimate of drug-likeness (QED) is 0.817. The van der Waals surface area contributed by atoms with Gasteiger partial charge in [0, 0.05) is 5.75 Å². The molecule has 2 aromatic rings. The standard InChI is InChI=1S/C11H13N3O2S/c1-15-9-4-2-3-8(5-9)7-17-11-14-13-10(6-12)16-11/h2-5H,6-7,12H2,1H3. The first-order valence-electron chi connectivity index (χ1n) is 5.10. The molecule has 1 heterocycles. The van der Waals surface area contributed by atoms with E-state index in [4.69, 9.17) is 14.9 Å². The zero-order valence-electron chi connectivity index (χ0n) is 9.42. The van der Waals surface area contributed by atoms with Gasteiger partial charge in [0.1, 0.15) is 5.75 Å². The van der Waals surface area contributed by atoms with E-state index in [1.54, 1.807) is 7.11 Å². The van der Waals surface area contributed by atoms with E-state index in [1.807, 2.05) is 24.3 Å². The van der Waals surface area contributed by atoms with E-state index in [0.29, 0.717) is 11.1 Å². The summed E-state index contributed by atoms with van der Waals surface area (Å²) in [6.45, 7) is 0.271. The molecule has 0 saturated carbocycles. The van der Waals surface area contributed by atoms with Crippen molar-refractivity contribution in [3.8, 4) is 5.75 Å². The third-order valence-electron chi connectivity index (χ3n) is 2.12. The van der Waals surface area contributed by atoms with Gasteiger partial charge < -0.3 is 14.9 Å². The fraction of sp³-hybridized carbons (Fsp3) is 0.273. The van der Waals surface area contributed by atoms with Gasteiger partial charge in [-0.15, -0.1) is 10.2 Å². The second-order valence-corrected chi connectivity index (χ2v) is 4.23. The van der Waals surface area contributed by atoms with Gasteiger partial charge in [-0.1, -0.05) is 23.9 Å². The number of hydrogen-bond donors (Lipinski definition) is 1. The van der Waals surface area contributed by atoms with Crippen LogP contribution in [0, 0.1) is 0 Å². The maximum atomic E-state index is 5.39. The Morgan fingerprint density at radius 1 is 1.41 bits per heavy atom. The van der Waals surface area contributed by atoms with Crippen molar-refractivity contribution >= 4 is 11.8 Å². The Balaban J connectivity index is 1.96. The second kappa shape index (κ2) is 5.70. The first kappa shape index (κ1) is 11.9. The van der Waals surface area contributed by atoms with Crippen LogP contribution in [0.4, 0.5) is 0 Å². The van der Waals surface area contributed by atoms with Crippen LogP contribution >= 0.6 is 11.8 Å². The monoisotopic (exact) mass is 251 g/mol. The summed E-state index contributed by atoms with van der Waals surface area (Å²) in [6.07, 6.45) is 0. The highest BCUT2D eigenvalue weighted by Crippen LogP contribution is 2.23. The molecule has 0 amide bonds. The predicted octanol–water partition coefficient (Wildman–Crippen LogP) is 1.83. The van der Waals surface area contributed by atoms with E-state index in [1.165, 1.54) is 11.8 Å². The van der Waals surface area contributed by atoms with Crippen molar-refractivity contribution in [3.63, 3.8) is 0 Å². The van der Waals surface area contributed by atoms with Gasteiger partial charge in [0.25, 0.3) is 5.22 Å². The maximum absolute atomic E-state index is 5.39. The van der Waals surface area contributed by atoms with Crippen LogP contribution in [0.1, 0.15) is 11.5 Å². The molecule has 0 spiro atoms. The van der Waals surface area contributed by atoms with E-state index >= 15 is 0 Å². The van der Waals surface area contributed by atoms with Crippen LogP contribution in [0.2, 0.25) is 0 Å². The lowest BCUT2D eigenvalue weighted by Gasteiger charge is -2.02. The minimum Gasteiger partial charge on any atom is -0.497 e. The van der Waals surface area contributed by atoms with Crippen molar-refractivity contribution in [2.24, 2.45) is 5.73 Å². The summed E-state index contributed by atoms with van der Waals surface area (Å²) in [6, 6.07) is 7.87. The Morgan fingerprint density at radius 3 is 3.00 bits per heavy atom. The van der Waals surface area contributed by atoms with Crippen LogP contribution in [0.15, 0.2) is 33.9 Å². The van der Waals surface area contributed by atoms with Gasteiger partial charge in [0.2, 0.25) is 5.89 Å². The number of nitrogens with two attached hydrogens (primary N) is 1. The molecule has 0 aliphatic heterocycles. The molecule has 0 aliphatic carbocycles. The third-order valence-corrected chi connectivity index (χ3v) is 3.01. The highest BCUT2D eigenvalue weighted by Gasteiger charge is 2.05.